The van der Waals surface area contributed by atoms with E-state index in [-0.39, 0.29) is 29.4 Å². The number of hydrogen-bond acceptors (Lipinski definition) is 4. The molecule has 0 bridgehead atoms. The Balaban J connectivity index is 0.00000200. The molecule has 0 aromatic carbocycles. The molecule has 1 aromatic rings. The van der Waals surface area contributed by atoms with Crippen molar-refractivity contribution in [1.82, 2.24) is 13.9 Å². The predicted octanol–water partition coefficient (Wildman–Crippen LogP) is 0.898. The first-order chi connectivity index (χ1) is 8.82. The molecule has 6 nitrogen and oxygen atoms in total. The largest absolute Gasteiger partial charge is 0.337 e. The molecule has 2 atom stereocenters. The van der Waals surface area contributed by atoms with Gasteiger partial charge < -0.3 is 10.3 Å². The SMILES string of the molecule is Cc1nc(S(=O)(=O)N2CCCC(C(C)N)C2)cn1C.Cl. The third kappa shape index (κ3) is 3.33. The zero-order chi connectivity index (χ0) is 14.2. The minimum absolute atomic E-state index is 0. The molecule has 0 saturated carbocycles. The Morgan fingerprint density at radius 1 is 1.50 bits per heavy atom. The lowest BCUT2D eigenvalue weighted by atomic mass is 9.93. The van der Waals surface area contributed by atoms with Gasteiger partial charge >= 0.3 is 0 Å². The maximum absolute atomic E-state index is 12.5. The molecule has 2 unspecified atom stereocenters. The highest BCUT2D eigenvalue weighted by Gasteiger charge is 2.33. The maximum atomic E-state index is 12.5. The van der Waals surface area contributed by atoms with E-state index in [0.717, 1.165) is 12.8 Å². The van der Waals surface area contributed by atoms with E-state index in [4.69, 9.17) is 5.73 Å². The lowest BCUT2D eigenvalue weighted by Gasteiger charge is -2.33. The van der Waals surface area contributed by atoms with E-state index >= 15 is 0 Å². The van der Waals surface area contributed by atoms with Gasteiger partial charge in [0.25, 0.3) is 10.0 Å². The summed E-state index contributed by atoms with van der Waals surface area (Å²) in [6.45, 7) is 4.78. The third-order valence-electron chi connectivity index (χ3n) is 3.85. The van der Waals surface area contributed by atoms with Gasteiger partial charge in [0.2, 0.25) is 0 Å². The summed E-state index contributed by atoms with van der Waals surface area (Å²) in [6.07, 6.45) is 3.42. The zero-order valence-corrected chi connectivity index (χ0v) is 13.7. The fraction of sp³-hybridized carbons (Fsp3) is 0.750. The van der Waals surface area contributed by atoms with Gasteiger partial charge in [-0.05, 0) is 32.6 Å². The summed E-state index contributed by atoms with van der Waals surface area (Å²) in [7, 11) is -1.69. The Bertz CT molecular complexity index is 536. The van der Waals surface area contributed by atoms with Crippen molar-refractivity contribution in [2.24, 2.45) is 18.7 Å². The molecule has 2 rings (SSSR count). The standard InChI is InChI=1S/C12H22N4O2S.ClH/c1-9(13)11-5-4-6-16(7-11)19(17,18)12-8-15(3)10(2)14-12;/h8-9,11H,4-7,13H2,1-3H3;1H. The van der Waals surface area contributed by atoms with E-state index < -0.39 is 10.0 Å². The van der Waals surface area contributed by atoms with Gasteiger partial charge in [-0.1, -0.05) is 0 Å². The number of nitrogens with zero attached hydrogens (tertiary/aromatic N) is 3. The summed E-state index contributed by atoms with van der Waals surface area (Å²) < 4.78 is 28.3. The van der Waals surface area contributed by atoms with Crippen LogP contribution in [0.2, 0.25) is 0 Å². The maximum Gasteiger partial charge on any atom is 0.262 e. The minimum Gasteiger partial charge on any atom is -0.337 e. The highest BCUT2D eigenvalue weighted by molar-refractivity contribution is 7.89. The summed E-state index contributed by atoms with van der Waals surface area (Å²) >= 11 is 0. The van der Waals surface area contributed by atoms with E-state index in [0.29, 0.717) is 18.9 Å². The quantitative estimate of drug-likeness (QED) is 0.896. The van der Waals surface area contributed by atoms with Crippen LogP contribution in [0.3, 0.4) is 0 Å². The van der Waals surface area contributed by atoms with Crippen LogP contribution in [-0.4, -0.2) is 41.4 Å². The normalized spacial score (nSPS) is 22.3. The van der Waals surface area contributed by atoms with Gasteiger partial charge in [-0.25, -0.2) is 13.4 Å². The van der Waals surface area contributed by atoms with Crippen molar-refractivity contribution in [2.75, 3.05) is 13.1 Å². The molecular formula is C12H23ClN4O2S. The van der Waals surface area contributed by atoms with Gasteiger partial charge in [0.05, 0.1) is 0 Å². The number of aryl methyl sites for hydroxylation is 2. The van der Waals surface area contributed by atoms with Crippen molar-refractivity contribution >= 4 is 22.4 Å². The van der Waals surface area contributed by atoms with Gasteiger partial charge in [0.1, 0.15) is 5.82 Å². The number of nitrogens with two attached hydrogens (primary N) is 1. The predicted molar refractivity (Wildman–Crippen MR) is 80.3 cm³/mol. The van der Waals surface area contributed by atoms with Gasteiger partial charge in [-0.3, -0.25) is 0 Å². The minimum atomic E-state index is -3.48. The number of imidazole rings is 1. The van der Waals surface area contributed by atoms with Crippen LogP contribution in [0.1, 0.15) is 25.6 Å². The lowest BCUT2D eigenvalue weighted by Crippen LogP contribution is -2.45. The average Bonchev–Trinajstić information content (AvgIpc) is 2.70. The van der Waals surface area contributed by atoms with Crippen LogP contribution in [0.25, 0.3) is 0 Å². The van der Waals surface area contributed by atoms with Gasteiger partial charge in [0.15, 0.2) is 5.03 Å². The Labute approximate surface area is 126 Å². The monoisotopic (exact) mass is 322 g/mol. The molecule has 2 heterocycles. The first-order valence-electron chi connectivity index (χ1n) is 6.58. The summed E-state index contributed by atoms with van der Waals surface area (Å²) in [5.74, 6) is 0.924. The fourth-order valence-corrected chi connectivity index (χ4v) is 3.96. The smallest absolute Gasteiger partial charge is 0.262 e. The molecule has 116 valence electrons. The molecule has 2 N–H and O–H groups in total. The lowest BCUT2D eigenvalue weighted by molar-refractivity contribution is 0.242. The highest BCUT2D eigenvalue weighted by atomic mass is 35.5. The van der Waals surface area contributed by atoms with Crippen LogP contribution in [0.5, 0.6) is 0 Å². The van der Waals surface area contributed by atoms with Crippen LogP contribution < -0.4 is 5.73 Å². The molecule has 1 saturated heterocycles. The zero-order valence-electron chi connectivity index (χ0n) is 12.1. The van der Waals surface area contributed by atoms with E-state index in [1.54, 1.807) is 24.7 Å². The number of hydrogen-bond donors (Lipinski definition) is 1. The van der Waals surface area contributed by atoms with E-state index in [9.17, 15) is 8.42 Å². The third-order valence-corrected chi connectivity index (χ3v) is 5.59. The van der Waals surface area contributed by atoms with E-state index in [1.807, 2.05) is 6.92 Å². The summed E-state index contributed by atoms with van der Waals surface area (Å²) in [6, 6.07) is 0.0171. The Morgan fingerprint density at radius 3 is 2.65 bits per heavy atom. The highest BCUT2D eigenvalue weighted by Crippen LogP contribution is 2.24. The van der Waals surface area contributed by atoms with Gasteiger partial charge in [-0.2, -0.15) is 4.31 Å². The Morgan fingerprint density at radius 2 is 2.15 bits per heavy atom. The second-order valence-electron chi connectivity index (χ2n) is 5.36. The van der Waals surface area contributed by atoms with Crippen molar-refractivity contribution in [1.29, 1.82) is 0 Å². The number of halogens is 1. The fourth-order valence-electron chi connectivity index (χ4n) is 2.40. The number of aromatic nitrogens is 2. The Kier molecular flexibility index (Phi) is 5.60. The van der Waals surface area contributed by atoms with Crippen molar-refractivity contribution < 1.29 is 8.42 Å². The van der Waals surface area contributed by atoms with Crippen molar-refractivity contribution in [3.8, 4) is 0 Å². The van der Waals surface area contributed by atoms with Crippen LogP contribution >= 0.6 is 12.4 Å². The molecular weight excluding hydrogens is 300 g/mol. The Hall–Kier alpha value is -0.630. The summed E-state index contributed by atoms with van der Waals surface area (Å²) in [5, 5.41) is 0.137. The first-order valence-corrected chi connectivity index (χ1v) is 8.02. The second kappa shape index (κ2) is 6.43. The molecule has 1 aliphatic heterocycles. The van der Waals surface area contributed by atoms with Gasteiger partial charge in [-0.15, -0.1) is 12.4 Å². The van der Waals surface area contributed by atoms with Crippen LogP contribution in [0.15, 0.2) is 11.2 Å². The van der Waals surface area contributed by atoms with Gasteiger partial charge in [0, 0.05) is 32.4 Å². The molecule has 0 aliphatic carbocycles. The van der Waals surface area contributed by atoms with E-state index in [2.05, 4.69) is 4.98 Å². The van der Waals surface area contributed by atoms with Crippen LogP contribution in [0, 0.1) is 12.8 Å². The molecule has 0 spiro atoms. The number of sulfonamides is 1. The van der Waals surface area contributed by atoms with Crippen LogP contribution in [-0.2, 0) is 17.1 Å². The van der Waals surface area contributed by atoms with Crippen LogP contribution in [0.4, 0.5) is 0 Å². The van der Waals surface area contributed by atoms with Crippen molar-refractivity contribution in [3.05, 3.63) is 12.0 Å². The average molecular weight is 323 g/mol. The number of rotatable bonds is 3. The first kappa shape index (κ1) is 17.4. The molecule has 0 amide bonds. The molecule has 0 radical (unpaired) electrons. The van der Waals surface area contributed by atoms with E-state index in [1.165, 1.54) is 4.31 Å². The summed E-state index contributed by atoms with van der Waals surface area (Å²) in [4.78, 5) is 4.13. The molecule has 8 heteroatoms. The molecule has 20 heavy (non-hydrogen) atoms. The molecule has 1 fully saturated rings. The second-order valence-corrected chi connectivity index (χ2v) is 7.25. The van der Waals surface area contributed by atoms with Crippen molar-refractivity contribution in [2.45, 2.75) is 37.8 Å². The molecule has 1 aliphatic rings. The molecule has 1 aromatic heterocycles. The number of piperidine rings is 1. The summed E-state index contributed by atoms with van der Waals surface area (Å²) in [5.41, 5.74) is 5.90. The topological polar surface area (TPSA) is 81.2 Å². The van der Waals surface area contributed by atoms with Crippen molar-refractivity contribution in [3.63, 3.8) is 0 Å².